The van der Waals surface area contributed by atoms with Crippen molar-refractivity contribution in [1.29, 1.82) is 0 Å². The molecule has 1 saturated heterocycles. The molecule has 0 spiro atoms. The van der Waals surface area contributed by atoms with Gasteiger partial charge in [0.1, 0.15) is 0 Å². The fraction of sp³-hybridized carbons (Fsp3) is 0.647. The van der Waals surface area contributed by atoms with Crippen LogP contribution in [0.2, 0.25) is 0 Å². The highest BCUT2D eigenvalue weighted by atomic mass is 15.2. The molecule has 3 heteroatoms. The van der Waals surface area contributed by atoms with Crippen LogP contribution in [0, 0.1) is 0 Å². The van der Waals surface area contributed by atoms with Crippen LogP contribution in [0.3, 0.4) is 0 Å². The Hall–Kier alpha value is -0.900. The molecule has 0 aliphatic carbocycles. The van der Waals surface area contributed by atoms with Gasteiger partial charge in [0.05, 0.1) is 0 Å². The van der Waals surface area contributed by atoms with E-state index in [2.05, 4.69) is 61.0 Å². The molecule has 0 amide bonds. The van der Waals surface area contributed by atoms with E-state index in [9.17, 15) is 0 Å². The molecule has 2 N–H and O–H groups in total. The molecule has 1 aromatic rings. The molecule has 0 aromatic heterocycles. The van der Waals surface area contributed by atoms with E-state index in [1.54, 1.807) is 0 Å². The van der Waals surface area contributed by atoms with Crippen molar-refractivity contribution in [2.75, 3.05) is 26.7 Å². The van der Waals surface area contributed by atoms with Crippen molar-refractivity contribution < 1.29 is 0 Å². The van der Waals surface area contributed by atoms with Gasteiger partial charge >= 0.3 is 0 Å². The minimum atomic E-state index is -0.101. The standard InChI is InChI=1S/C17H29N3/c1-17(2,18)14-19(3)16-9-11-20(12-10-16)13-15-7-5-4-6-8-15/h4-8,16H,9-14,18H2,1-3H3. The summed E-state index contributed by atoms with van der Waals surface area (Å²) in [6.45, 7) is 8.64. The molecule has 20 heavy (non-hydrogen) atoms. The molecule has 0 atom stereocenters. The maximum absolute atomic E-state index is 6.12. The van der Waals surface area contributed by atoms with Crippen molar-refractivity contribution in [2.45, 2.75) is 44.8 Å². The van der Waals surface area contributed by atoms with Crippen molar-refractivity contribution in [3.63, 3.8) is 0 Å². The number of nitrogens with two attached hydrogens (primary N) is 1. The number of piperidine rings is 1. The van der Waals surface area contributed by atoms with Gasteiger partial charge in [0.25, 0.3) is 0 Å². The summed E-state index contributed by atoms with van der Waals surface area (Å²) in [7, 11) is 2.21. The lowest BCUT2D eigenvalue weighted by Crippen LogP contribution is -2.50. The van der Waals surface area contributed by atoms with E-state index in [0.717, 1.165) is 13.1 Å². The number of nitrogens with zero attached hydrogens (tertiary/aromatic N) is 2. The largest absolute Gasteiger partial charge is 0.324 e. The van der Waals surface area contributed by atoms with Gasteiger partial charge in [-0.3, -0.25) is 4.90 Å². The maximum Gasteiger partial charge on any atom is 0.0233 e. The normalized spacial score (nSPS) is 18.6. The zero-order chi connectivity index (χ0) is 14.6. The minimum Gasteiger partial charge on any atom is -0.324 e. The smallest absolute Gasteiger partial charge is 0.0233 e. The third-order valence-electron chi connectivity index (χ3n) is 4.09. The van der Waals surface area contributed by atoms with Crippen LogP contribution >= 0.6 is 0 Å². The van der Waals surface area contributed by atoms with Crippen LogP contribution in [0.5, 0.6) is 0 Å². The minimum absolute atomic E-state index is 0.101. The van der Waals surface area contributed by atoms with E-state index in [0.29, 0.717) is 6.04 Å². The first-order valence-electron chi connectivity index (χ1n) is 7.69. The monoisotopic (exact) mass is 275 g/mol. The number of hydrogen-bond donors (Lipinski definition) is 1. The zero-order valence-electron chi connectivity index (χ0n) is 13.2. The quantitative estimate of drug-likeness (QED) is 0.895. The van der Waals surface area contributed by atoms with Gasteiger partial charge in [-0.2, -0.15) is 0 Å². The SMILES string of the molecule is CN(CC(C)(C)N)C1CCN(Cc2ccccc2)CC1. The Morgan fingerprint density at radius 2 is 1.80 bits per heavy atom. The second kappa shape index (κ2) is 6.70. The summed E-state index contributed by atoms with van der Waals surface area (Å²) >= 11 is 0. The summed E-state index contributed by atoms with van der Waals surface area (Å²) in [6.07, 6.45) is 2.50. The molecule has 1 heterocycles. The highest BCUT2D eigenvalue weighted by molar-refractivity contribution is 5.14. The van der Waals surface area contributed by atoms with Crippen LogP contribution < -0.4 is 5.73 Å². The van der Waals surface area contributed by atoms with Gasteiger partial charge < -0.3 is 10.6 Å². The fourth-order valence-corrected chi connectivity index (χ4v) is 3.13. The molecule has 1 aliphatic heterocycles. The molecule has 1 aromatic carbocycles. The summed E-state index contributed by atoms with van der Waals surface area (Å²) < 4.78 is 0. The lowest BCUT2D eigenvalue weighted by Gasteiger charge is -2.39. The summed E-state index contributed by atoms with van der Waals surface area (Å²) in [5.41, 5.74) is 7.44. The Morgan fingerprint density at radius 1 is 1.20 bits per heavy atom. The van der Waals surface area contributed by atoms with Crippen LogP contribution in [-0.4, -0.2) is 48.1 Å². The first-order chi connectivity index (χ1) is 9.44. The van der Waals surface area contributed by atoms with Gasteiger partial charge in [0.2, 0.25) is 0 Å². The molecule has 3 nitrogen and oxygen atoms in total. The van der Waals surface area contributed by atoms with E-state index in [-0.39, 0.29) is 5.54 Å². The number of likely N-dealkylation sites (tertiary alicyclic amines) is 1. The number of rotatable bonds is 5. The van der Waals surface area contributed by atoms with Crippen LogP contribution in [-0.2, 0) is 6.54 Å². The van der Waals surface area contributed by atoms with Crippen molar-refractivity contribution in [2.24, 2.45) is 5.73 Å². The molecule has 1 fully saturated rings. The molecular weight excluding hydrogens is 246 g/mol. The van der Waals surface area contributed by atoms with E-state index in [1.807, 2.05) is 0 Å². The third-order valence-corrected chi connectivity index (χ3v) is 4.09. The van der Waals surface area contributed by atoms with Gasteiger partial charge in [-0.15, -0.1) is 0 Å². The summed E-state index contributed by atoms with van der Waals surface area (Å²) in [5, 5.41) is 0. The van der Waals surface area contributed by atoms with E-state index >= 15 is 0 Å². The summed E-state index contributed by atoms with van der Waals surface area (Å²) in [6, 6.07) is 11.5. The van der Waals surface area contributed by atoms with Crippen molar-refractivity contribution in [3.05, 3.63) is 35.9 Å². The van der Waals surface area contributed by atoms with Gasteiger partial charge in [0.15, 0.2) is 0 Å². The van der Waals surface area contributed by atoms with E-state index < -0.39 is 0 Å². The molecule has 112 valence electrons. The molecule has 0 saturated carbocycles. The zero-order valence-corrected chi connectivity index (χ0v) is 13.2. The summed E-state index contributed by atoms with van der Waals surface area (Å²) in [5.74, 6) is 0. The van der Waals surface area contributed by atoms with Gasteiger partial charge in [-0.1, -0.05) is 30.3 Å². The lowest BCUT2D eigenvalue weighted by molar-refractivity contribution is 0.110. The van der Waals surface area contributed by atoms with Crippen LogP contribution in [0.25, 0.3) is 0 Å². The number of hydrogen-bond acceptors (Lipinski definition) is 3. The van der Waals surface area contributed by atoms with E-state index in [4.69, 9.17) is 5.73 Å². The first-order valence-corrected chi connectivity index (χ1v) is 7.69. The highest BCUT2D eigenvalue weighted by Gasteiger charge is 2.25. The van der Waals surface area contributed by atoms with Crippen LogP contribution in [0.1, 0.15) is 32.3 Å². The molecule has 0 bridgehead atoms. The maximum atomic E-state index is 6.12. The third kappa shape index (κ3) is 4.89. The highest BCUT2D eigenvalue weighted by Crippen LogP contribution is 2.18. The predicted molar refractivity (Wildman–Crippen MR) is 85.6 cm³/mol. The fourth-order valence-electron chi connectivity index (χ4n) is 3.13. The Morgan fingerprint density at radius 3 is 2.35 bits per heavy atom. The van der Waals surface area contributed by atoms with E-state index in [1.165, 1.54) is 31.5 Å². The van der Waals surface area contributed by atoms with Crippen LogP contribution in [0.15, 0.2) is 30.3 Å². The Labute approximate surface area is 123 Å². The Bertz CT molecular complexity index is 388. The number of benzene rings is 1. The molecular formula is C17H29N3. The van der Waals surface area contributed by atoms with Crippen molar-refractivity contribution >= 4 is 0 Å². The van der Waals surface area contributed by atoms with Gasteiger partial charge in [-0.05, 0) is 52.4 Å². The van der Waals surface area contributed by atoms with Gasteiger partial charge in [-0.25, -0.2) is 0 Å². The molecule has 1 aliphatic rings. The second-order valence-electron chi connectivity index (χ2n) is 6.90. The van der Waals surface area contributed by atoms with Crippen molar-refractivity contribution in [3.8, 4) is 0 Å². The Balaban J connectivity index is 1.78. The average Bonchev–Trinajstić information content (AvgIpc) is 2.39. The molecule has 2 rings (SSSR count). The predicted octanol–water partition coefficient (Wildman–Crippen LogP) is 2.32. The first kappa shape index (κ1) is 15.5. The Kier molecular flexibility index (Phi) is 5.19. The topological polar surface area (TPSA) is 32.5 Å². The van der Waals surface area contributed by atoms with Crippen molar-refractivity contribution in [1.82, 2.24) is 9.80 Å². The lowest BCUT2D eigenvalue weighted by atomic mass is 10.00. The second-order valence-corrected chi connectivity index (χ2v) is 6.90. The summed E-state index contributed by atoms with van der Waals surface area (Å²) in [4.78, 5) is 5.01. The van der Waals surface area contributed by atoms with Crippen LogP contribution in [0.4, 0.5) is 0 Å². The van der Waals surface area contributed by atoms with Gasteiger partial charge in [0, 0.05) is 24.7 Å². The molecule has 0 radical (unpaired) electrons. The number of likely N-dealkylation sites (N-methyl/N-ethyl adjacent to an activating group) is 1. The molecule has 0 unspecified atom stereocenters. The average molecular weight is 275 g/mol.